The maximum Gasteiger partial charge on any atom is 0.302 e. The van der Waals surface area contributed by atoms with Crippen molar-refractivity contribution in [1.82, 2.24) is 0 Å². The number of phenolic OH excluding ortho intramolecular Hbond substituents is 1. The molecular weight excluding hydrogens is 380 g/mol. The number of fused-ring (bicyclic) bond motifs is 1. The van der Waals surface area contributed by atoms with Gasteiger partial charge in [-0.2, -0.15) is 0 Å². The zero-order valence-corrected chi connectivity index (χ0v) is 17.2. The van der Waals surface area contributed by atoms with Gasteiger partial charge in [-0.15, -0.1) is 0 Å². The summed E-state index contributed by atoms with van der Waals surface area (Å²) in [6.45, 7) is 3.72. The number of hydrogen-bond acceptors (Lipinski definition) is 5. The minimum absolute atomic E-state index is 0.177. The molecular formula is C25H26O5. The number of carbonyl (C=O) groups excluding carboxylic acids is 1. The van der Waals surface area contributed by atoms with E-state index in [1.54, 1.807) is 6.07 Å². The molecule has 4 rings (SSSR count). The van der Waals surface area contributed by atoms with E-state index in [1.807, 2.05) is 67.6 Å². The summed E-state index contributed by atoms with van der Waals surface area (Å²) in [5.41, 5.74) is 1.76. The first-order valence-corrected chi connectivity index (χ1v) is 10.2. The van der Waals surface area contributed by atoms with Crippen LogP contribution in [0.3, 0.4) is 0 Å². The van der Waals surface area contributed by atoms with Crippen LogP contribution < -0.4 is 0 Å². The molecule has 0 amide bonds. The summed E-state index contributed by atoms with van der Waals surface area (Å²) >= 11 is 0. The molecule has 1 heterocycles. The lowest BCUT2D eigenvalue weighted by Crippen LogP contribution is -2.47. The minimum Gasteiger partial charge on any atom is -0.508 e. The van der Waals surface area contributed by atoms with Crippen molar-refractivity contribution in [2.24, 2.45) is 0 Å². The van der Waals surface area contributed by atoms with Crippen molar-refractivity contribution >= 4 is 16.7 Å². The molecule has 5 heteroatoms. The molecule has 4 atom stereocenters. The molecule has 1 unspecified atom stereocenters. The second-order valence-electron chi connectivity index (χ2n) is 7.69. The van der Waals surface area contributed by atoms with E-state index in [-0.39, 0.29) is 17.8 Å². The van der Waals surface area contributed by atoms with Gasteiger partial charge in [0, 0.05) is 18.9 Å². The number of hydrogen-bond donors (Lipinski definition) is 1. The minimum atomic E-state index is -0.474. The van der Waals surface area contributed by atoms with Gasteiger partial charge in [-0.1, -0.05) is 60.7 Å². The van der Waals surface area contributed by atoms with Gasteiger partial charge in [0.2, 0.25) is 0 Å². The predicted molar refractivity (Wildman–Crippen MR) is 114 cm³/mol. The van der Waals surface area contributed by atoms with E-state index in [4.69, 9.17) is 14.2 Å². The highest BCUT2D eigenvalue weighted by Crippen LogP contribution is 2.41. The Labute approximate surface area is 176 Å². The van der Waals surface area contributed by atoms with Gasteiger partial charge < -0.3 is 19.3 Å². The molecule has 1 aliphatic heterocycles. The lowest BCUT2D eigenvalue weighted by Gasteiger charge is -2.40. The van der Waals surface area contributed by atoms with Crippen molar-refractivity contribution in [2.45, 2.75) is 51.3 Å². The van der Waals surface area contributed by atoms with Crippen molar-refractivity contribution in [2.75, 3.05) is 0 Å². The van der Waals surface area contributed by atoms with Crippen LogP contribution >= 0.6 is 0 Å². The van der Waals surface area contributed by atoms with Crippen molar-refractivity contribution in [1.29, 1.82) is 0 Å². The second-order valence-corrected chi connectivity index (χ2v) is 7.69. The molecule has 3 aromatic rings. The Morgan fingerprint density at radius 1 is 1.07 bits per heavy atom. The van der Waals surface area contributed by atoms with Gasteiger partial charge in [0.15, 0.2) is 0 Å². The summed E-state index contributed by atoms with van der Waals surface area (Å²) in [6, 6.07) is 21.3. The third-order valence-corrected chi connectivity index (χ3v) is 5.53. The molecule has 0 saturated carbocycles. The molecule has 5 nitrogen and oxygen atoms in total. The Hall–Kier alpha value is -2.89. The molecule has 0 spiro atoms. The first kappa shape index (κ1) is 20.4. The number of ether oxygens (including phenoxy) is 3. The maximum atomic E-state index is 11.8. The second kappa shape index (κ2) is 8.86. The van der Waals surface area contributed by atoms with E-state index in [1.165, 1.54) is 6.92 Å². The highest BCUT2D eigenvalue weighted by molar-refractivity contribution is 5.88. The quantitative estimate of drug-likeness (QED) is 0.610. The normalized spacial score (nSPS) is 23.9. The van der Waals surface area contributed by atoms with E-state index in [2.05, 4.69) is 0 Å². The SMILES string of the molecule is CC(=O)O[C@@H]1C[C@H](c2c(O)ccc3ccccc23)OC(C)[C@H]1OCc1ccccc1. The van der Waals surface area contributed by atoms with Gasteiger partial charge in [-0.3, -0.25) is 4.79 Å². The summed E-state index contributed by atoms with van der Waals surface area (Å²) in [5.74, 6) is -0.181. The molecule has 156 valence electrons. The Balaban J connectivity index is 1.60. The molecule has 30 heavy (non-hydrogen) atoms. The van der Waals surface area contributed by atoms with Gasteiger partial charge in [-0.05, 0) is 29.3 Å². The lowest BCUT2D eigenvalue weighted by molar-refractivity contribution is -0.204. The summed E-state index contributed by atoms with van der Waals surface area (Å²) < 4.78 is 18.1. The van der Waals surface area contributed by atoms with Crippen LogP contribution in [0.1, 0.15) is 37.5 Å². The van der Waals surface area contributed by atoms with Gasteiger partial charge in [0.25, 0.3) is 0 Å². The number of benzene rings is 3. The van der Waals surface area contributed by atoms with E-state index >= 15 is 0 Å². The number of rotatable bonds is 5. The van der Waals surface area contributed by atoms with E-state index in [0.29, 0.717) is 13.0 Å². The Morgan fingerprint density at radius 2 is 1.80 bits per heavy atom. The highest BCUT2D eigenvalue weighted by Gasteiger charge is 2.41. The molecule has 0 bridgehead atoms. The average Bonchev–Trinajstić information content (AvgIpc) is 2.73. The third kappa shape index (κ3) is 4.32. The van der Waals surface area contributed by atoms with Crippen LogP contribution in [0.2, 0.25) is 0 Å². The fourth-order valence-electron chi connectivity index (χ4n) is 4.19. The molecule has 1 saturated heterocycles. The first-order chi connectivity index (χ1) is 14.5. The van der Waals surface area contributed by atoms with Crippen molar-refractivity contribution in [3.63, 3.8) is 0 Å². The van der Waals surface area contributed by atoms with Crippen LogP contribution in [0.4, 0.5) is 0 Å². The highest BCUT2D eigenvalue weighted by atomic mass is 16.6. The summed E-state index contributed by atoms with van der Waals surface area (Å²) in [5, 5.41) is 12.6. The Kier molecular flexibility index (Phi) is 6.02. The monoisotopic (exact) mass is 406 g/mol. The molecule has 1 aliphatic rings. The topological polar surface area (TPSA) is 65.0 Å². The van der Waals surface area contributed by atoms with Crippen LogP contribution in [0, 0.1) is 0 Å². The van der Waals surface area contributed by atoms with Gasteiger partial charge >= 0.3 is 5.97 Å². The maximum absolute atomic E-state index is 11.8. The summed E-state index contributed by atoms with van der Waals surface area (Å²) in [4.78, 5) is 11.8. The predicted octanol–water partition coefficient (Wildman–Crippen LogP) is 4.91. The fraction of sp³-hybridized carbons (Fsp3) is 0.320. The molecule has 1 N–H and O–H groups in total. The van der Waals surface area contributed by atoms with E-state index in [0.717, 1.165) is 21.9 Å². The zero-order valence-electron chi connectivity index (χ0n) is 17.2. The fourth-order valence-corrected chi connectivity index (χ4v) is 4.19. The van der Waals surface area contributed by atoms with E-state index in [9.17, 15) is 9.90 Å². The summed E-state index contributed by atoms with van der Waals surface area (Å²) in [6.07, 6.45) is -1.20. The first-order valence-electron chi connectivity index (χ1n) is 10.2. The van der Waals surface area contributed by atoms with Crippen LogP contribution in [-0.2, 0) is 25.6 Å². The lowest BCUT2D eigenvalue weighted by atomic mass is 9.90. The molecule has 0 aromatic heterocycles. The largest absolute Gasteiger partial charge is 0.508 e. The van der Waals surface area contributed by atoms with Crippen molar-refractivity contribution in [3.05, 3.63) is 77.9 Å². The summed E-state index contributed by atoms with van der Waals surface area (Å²) in [7, 11) is 0. The van der Waals surface area contributed by atoms with Crippen LogP contribution in [0.15, 0.2) is 66.7 Å². The molecule has 3 aromatic carbocycles. The average molecular weight is 406 g/mol. The molecule has 0 radical (unpaired) electrons. The number of esters is 1. The Morgan fingerprint density at radius 3 is 2.57 bits per heavy atom. The van der Waals surface area contributed by atoms with Gasteiger partial charge in [0.05, 0.1) is 18.8 Å². The van der Waals surface area contributed by atoms with Crippen molar-refractivity contribution in [3.8, 4) is 5.75 Å². The number of aromatic hydroxyl groups is 1. The number of carbonyl (C=O) groups is 1. The van der Waals surface area contributed by atoms with Crippen LogP contribution in [0.25, 0.3) is 10.8 Å². The van der Waals surface area contributed by atoms with Gasteiger partial charge in [0.1, 0.15) is 18.0 Å². The van der Waals surface area contributed by atoms with E-state index < -0.39 is 18.3 Å². The van der Waals surface area contributed by atoms with Gasteiger partial charge in [-0.25, -0.2) is 0 Å². The standard InChI is InChI=1S/C25H26O5/c1-16-25(28-15-18-8-4-3-5-9-18)23(30-17(2)26)14-22(29-16)24-20-11-7-6-10-19(20)12-13-21(24)27/h3-13,16,22-23,25,27H,14-15H2,1-2H3/t16?,22-,23-,25-/m1/s1. The third-order valence-electron chi connectivity index (χ3n) is 5.53. The smallest absolute Gasteiger partial charge is 0.302 e. The van der Waals surface area contributed by atoms with Crippen molar-refractivity contribution < 1.29 is 24.1 Å². The zero-order chi connectivity index (χ0) is 21.1. The molecule has 1 fully saturated rings. The van der Waals surface area contributed by atoms with Crippen LogP contribution in [0.5, 0.6) is 5.75 Å². The molecule has 0 aliphatic carbocycles. The Bertz CT molecular complexity index is 1020. The van der Waals surface area contributed by atoms with Crippen LogP contribution in [-0.4, -0.2) is 29.4 Å². The number of phenols is 1.